The Bertz CT molecular complexity index is 387. The van der Waals surface area contributed by atoms with E-state index in [4.69, 9.17) is 18.0 Å². The first-order valence-corrected chi connectivity index (χ1v) is 5.77. The van der Waals surface area contributed by atoms with Crippen LogP contribution in [0.4, 0.5) is 0 Å². The van der Waals surface area contributed by atoms with Crippen LogP contribution in [0.1, 0.15) is 20.3 Å². The van der Waals surface area contributed by atoms with E-state index in [0.717, 1.165) is 6.42 Å². The molecule has 1 rings (SSSR count). The zero-order valence-corrected chi connectivity index (χ0v) is 10.8. The summed E-state index contributed by atoms with van der Waals surface area (Å²) in [6.45, 7) is 4.70. The number of hydrogen-bond donors (Lipinski definition) is 2. The number of amides is 1. The summed E-state index contributed by atoms with van der Waals surface area (Å²) in [7, 11) is 0. The van der Waals surface area contributed by atoms with Crippen LogP contribution in [0.3, 0.4) is 0 Å². The van der Waals surface area contributed by atoms with Gasteiger partial charge in [-0.25, -0.2) is 0 Å². The number of carbonyl (C=O) groups excluding carboxylic acids is 1. The summed E-state index contributed by atoms with van der Waals surface area (Å²) in [5.74, 6) is -0.149. The zero-order chi connectivity index (χ0) is 12.9. The van der Waals surface area contributed by atoms with Gasteiger partial charge in [0.25, 0.3) is 0 Å². The van der Waals surface area contributed by atoms with Crippen LogP contribution in [-0.2, 0) is 11.3 Å². The van der Waals surface area contributed by atoms with Gasteiger partial charge in [-0.2, -0.15) is 0 Å². The third-order valence-electron chi connectivity index (χ3n) is 2.51. The smallest absolute Gasteiger partial charge is 0.232 e. The fourth-order valence-electron chi connectivity index (χ4n) is 1.13. The monoisotopic (exact) mass is 255 g/mol. The Hall–Kier alpha value is -1.50. The van der Waals surface area contributed by atoms with Gasteiger partial charge in [0.1, 0.15) is 0 Å². The molecule has 1 amide bonds. The fourth-order valence-corrected chi connectivity index (χ4v) is 1.22. The van der Waals surface area contributed by atoms with E-state index in [1.165, 1.54) is 0 Å². The number of nitrogens with zero attached hydrogens (tertiary/aromatic N) is 3. The summed E-state index contributed by atoms with van der Waals surface area (Å²) < 4.78 is 1.71. The van der Waals surface area contributed by atoms with Crippen LogP contribution < -0.4 is 11.1 Å². The van der Waals surface area contributed by atoms with E-state index in [1.807, 2.05) is 0 Å². The molecular weight excluding hydrogens is 238 g/mol. The Balaban J connectivity index is 2.27. The molecule has 0 aromatic carbocycles. The highest BCUT2D eigenvalue weighted by Crippen LogP contribution is 2.14. The van der Waals surface area contributed by atoms with Gasteiger partial charge >= 0.3 is 0 Å². The minimum atomic E-state index is -0.803. The molecule has 0 bridgehead atoms. The summed E-state index contributed by atoms with van der Waals surface area (Å²) in [6.07, 6.45) is 4.18. The molecule has 1 heterocycles. The van der Waals surface area contributed by atoms with Crippen LogP contribution in [0.25, 0.3) is 0 Å². The minimum absolute atomic E-state index is 0.149. The number of aromatic nitrogens is 3. The molecule has 17 heavy (non-hydrogen) atoms. The average molecular weight is 255 g/mol. The third kappa shape index (κ3) is 3.77. The van der Waals surface area contributed by atoms with E-state index < -0.39 is 5.41 Å². The summed E-state index contributed by atoms with van der Waals surface area (Å²) in [6, 6.07) is 0. The number of nitrogens with one attached hydrogen (secondary N) is 1. The average Bonchev–Trinajstić information content (AvgIpc) is 2.76. The molecule has 6 nitrogen and oxygen atoms in total. The third-order valence-corrected chi connectivity index (χ3v) is 3.02. The van der Waals surface area contributed by atoms with Gasteiger partial charge in [0.05, 0.1) is 16.6 Å². The molecule has 0 unspecified atom stereocenters. The lowest BCUT2D eigenvalue weighted by Crippen LogP contribution is -2.45. The maximum absolute atomic E-state index is 11.8. The topological polar surface area (TPSA) is 85.8 Å². The molecule has 0 aliphatic rings. The molecule has 0 aliphatic carbocycles. The van der Waals surface area contributed by atoms with Crippen molar-refractivity contribution in [3.05, 3.63) is 12.4 Å². The second kappa shape index (κ2) is 5.72. The van der Waals surface area contributed by atoms with Crippen LogP contribution in [0.2, 0.25) is 0 Å². The Morgan fingerprint density at radius 1 is 1.59 bits per heavy atom. The minimum Gasteiger partial charge on any atom is -0.392 e. The summed E-state index contributed by atoms with van der Waals surface area (Å²) in [5.41, 5.74) is 4.70. The van der Waals surface area contributed by atoms with Gasteiger partial charge in [0, 0.05) is 19.3 Å². The van der Waals surface area contributed by atoms with E-state index >= 15 is 0 Å². The maximum Gasteiger partial charge on any atom is 0.232 e. The Kier molecular flexibility index (Phi) is 4.56. The molecule has 0 aliphatic heterocycles. The molecule has 1 aromatic rings. The standard InChI is InChI=1S/C10H17N5OS/c1-10(2,8(11)17)9(16)12-4-3-6-15-7-5-13-14-15/h5,7H,3-4,6H2,1-2H3,(H2,11,17)(H,12,16). The lowest BCUT2D eigenvalue weighted by Gasteiger charge is -2.21. The van der Waals surface area contributed by atoms with Gasteiger partial charge in [0.15, 0.2) is 0 Å². The van der Waals surface area contributed by atoms with E-state index in [0.29, 0.717) is 13.1 Å². The molecule has 0 radical (unpaired) electrons. The van der Waals surface area contributed by atoms with Gasteiger partial charge in [0.2, 0.25) is 5.91 Å². The van der Waals surface area contributed by atoms with Gasteiger partial charge in [-0.15, -0.1) is 5.10 Å². The van der Waals surface area contributed by atoms with Crippen LogP contribution in [0.15, 0.2) is 12.4 Å². The normalized spacial score (nSPS) is 11.2. The quantitative estimate of drug-likeness (QED) is 0.556. The number of carbonyl (C=O) groups is 1. The number of thiocarbonyl (C=S) groups is 1. The predicted molar refractivity (Wildman–Crippen MR) is 68.2 cm³/mol. The number of aryl methyl sites for hydroxylation is 1. The van der Waals surface area contributed by atoms with Crippen molar-refractivity contribution >= 4 is 23.1 Å². The Labute approximate surface area is 106 Å². The van der Waals surface area contributed by atoms with Gasteiger partial charge in [-0.05, 0) is 20.3 Å². The van der Waals surface area contributed by atoms with Gasteiger partial charge in [-0.1, -0.05) is 17.4 Å². The molecule has 94 valence electrons. The SMILES string of the molecule is CC(C)(C(=O)NCCCn1ccnn1)C(N)=S. The largest absolute Gasteiger partial charge is 0.392 e. The van der Waals surface area contributed by atoms with Crippen molar-refractivity contribution in [1.29, 1.82) is 0 Å². The van der Waals surface area contributed by atoms with E-state index in [-0.39, 0.29) is 10.9 Å². The number of nitrogens with two attached hydrogens (primary N) is 1. The van der Waals surface area contributed by atoms with Crippen LogP contribution in [-0.4, -0.2) is 32.4 Å². The second-order valence-electron chi connectivity index (χ2n) is 4.26. The van der Waals surface area contributed by atoms with Crippen molar-refractivity contribution in [2.75, 3.05) is 6.54 Å². The Morgan fingerprint density at radius 3 is 2.82 bits per heavy atom. The molecule has 7 heteroatoms. The van der Waals surface area contributed by atoms with Crippen LogP contribution in [0.5, 0.6) is 0 Å². The number of rotatable bonds is 6. The van der Waals surface area contributed by atoms with Crippen molar-refractivity contribution in [2.24, 2.45) is 11.1 Å². The second-order valence-corrected chi connectivity index (χ2v) is 4.70. The van der Waals surface area contributed by atoms with Crippen molar-refractivity contribution in [3.8, 4) is 0 Å². The lowest BCUT2D eigenvalue weighted by molar-refractivity contribution is -0.126. The highest BCUT2D eigenvalue weighted by atomic mass is 32.1. The van der Waals surface area contributed by atoms with Crippen molar-refractivity contribution < 1.29 is 4.79 Å². The van der Waals surface area contributed by atoms with E-state index in [1.54, 1.807) is 30.9 Å². The van der Waals surface area contributed by atoms with Gasteiger partial charge < -0.3 is 11.1 Å². The maximum atomic E-state index is 11.8. The molecule has 3 N–H and O–H groups in total. The first kappa shape index (κ1) is 13.6. The molecule has 0 spiro atoms. The summed E-state index contributed by atoms with van der Waals surface area (Å²) in [4.78, 5) is 12.0. The molecular formula is C10H17N5OS. The lowest BCUT2D eigenvalue weighted by atomic mass is 9.92. The van der Waals surface area contributed by atoms with Crippen LogP contribution in [0, 0.1) is 5.41 Å². The first-order valence-electron chi connectivity index (χ1n) is 5.37. The fraction of sp³-hybridized carbons (Fsp3) is 0.600. The Morgan fingerprint density at radius 2 is 2.29 bits per heavy atom. The van der Waals surface area contributed by atoms with E-state index in [9.17, 15) is 4.79 Å². The number of hydrogen-bond acceptors (Lipinski definition) is 4. The summed E-state index contributed by atoms with van der Waals surface area (Å²) in [5, 5.41) is 10.3. The molecule has 0 atom stereocenters. The van der Waals surface area contributed by atoms with Gasteiger partial charge in [-0.3, -0.25) is 9.48 Å². The first-order chi connectivity index (χ1) is 7.94. The zero-order valence-electron chi connectivity index (χ0n) is 10.0. The highest BCUT2D eigenvalue weighted by Gasteiger charge is 2.30. The predicted octanol–water partition coefficient (Wildman–Crippen LogP) is 0.0967. The molecule has 0 saturated carbocycles. The van der Waals surface area contributed by atoms with Crippen molar-refractivity contribution in [3.63, 3.8) is 0 Å². The molecule has 1 aromatic heterocycles. The van der Waals surface area contributed by atoms with Crippen molar-refractivity contribution in [1.82, 2.24) is 20.3 Å². The van der Waals surface area contributed by atoms with Crippen molar-refractivity contribution in [2.45, 2.75) is 26.8 Å². The highest BCUT2D eigenvalue weighted by molar-refractivity contribution is 7.80. The molecule has 0 fully saturated rings. The summed E-state index contributed by atoms with van der Waals surface area (Å²) >= 11 is 4.85. The van der Waals surface area contributed by atoms with E-state index in [2.05, 4.69) is 15.6 Å². The van der Waals surface area contributed by atoms with Crippen LogP contribution >= 0.6 is 12.2 Å². The molecule has 0 saturated heterocycles.